The number of hydrogen-bond acceptors (Lipinski definition) is 3. The Kier molecular flexibility index (Phi) is 6.68. The van der Waals surface area contributed by atoms with Gasteiger partial charge in [0.2, 0.25) is 11.8 Å². The summed E-state index contributed by atoms with van der Waals surface area (Å²) in [5, 5.41) is 14.5. The first kappa shape index (κ1) is 18.4. The molecule has 0 rings (SSSR count). The molecule has 0 fully saturated rings. The third-order valence-corrected chi connectivity index (χ3v) is 3.88. The van der Waals surface area contributed by atoms with Gasteiger partial charge in [0.25, 0.3) is 0 Å². The van der Waals surface area contributed by atoms with Crippen LogP contribution in [0.5, 0.6) is 0 Å². The van der Waals surface area contributed by atoms with Gasteiger partial charge in [0.05, 0.1) is 10.8 Å². The van der Waals surface area contributed by atoms with Crippen molar-refractivity contribution in [2.24, 2.45) is 10.8 Å². The lowest BCUT2D eigenvalue weighted by atomic mass is 9.79. The van der Waals surface area contributed by atoms with Crippen LogP contribution in [0.15, 0.2) is 0 Å². The lowest BCUT2D eigenvalue weighted by Gasteiger charge is -2.27. The molecule has 2 amide bonds. The van der Waals surface area contributed by atoms with Gasteiger partial charge < -0.3 is 15.7 Å². The van der Waals surface area contributed by atoms with Crippen LogP contribution in [0.1, 0.15) is 47.0 Å². The van der Waals surface area contributed by atoms with Crippen molar-refractivity contribution in [3.05, 3.63) is 0 Å². The van der Waals surface area contributed by atoms with Gasteiger partial charge in [-0.05, 0) is 26.7 Å². The van der Waals surface area contributed by atoms with Crippen LogP contribution < -0.4 is 10.6 Å². The Morgan fingerprint density at radius 2 is 1.60 bits per heavy atom. The van der Waals surface area contributed by atoms with Crippen molar-refractivity contribution in [3.63, 3.8) is 0 Å². The second kappa shape index (κ2) is 7.26. The molecule has 0 aromatic carbocycles. The topological polar surface area (TPSA) is 95.5 Å². The Bertz CT molecular complexity index is 373. The molecule has 0 atom stereocenters. The minimum absolute atomic E-state index is 0.0703. The SMILES string of the molecule is CCC(CC)(CC(=O)NCC(C)(C)C(=O)NC)C(=O)O. The van der Waals surface area contributed by atoms with Crippen molar-refractivity contribution in [2.75, 3.05) is 13.6 Å². The summed E-state index contributed by atoms with van der Waals surface area (Å²) in [6, 6.07) is 0. The van der Waals surface area contributed by atoms with Gasteiger partial charge >= 0.3 is 5.97 Å². The van der Waals surface area contributed by atoms with E-state index < -0.39 is 16.8 Å². The summed E-state index contributed by atoms with van der Waals surface area (Å²) in [5.41, 5.74) is -1.75. The first-order chi connectivity index (χ1) is 9.15. The molecule has 0 radical (unpaired) electrons. The van der Waals surface area contributed by atoms with E-state index in [2.05, 4.69) is 10.6 Å². The lowest BCUT2D eigenvalue weighted by molar-refractivity contribution is -0.152. The molecular formula is C14H26N2O4. The maximum absolute atomic E-state index is 11.9. The standard InChI is InChI=1S/C14H26N2O4/c1-6-14(7-2,12(19)20)8-10(17)16-9-13(3,4)11(18)15-5/h6-9H2,1-5H3,(H,15,18)(H,16,17)(H,19,20). The predicted octanol–water partition coefficient (Wildman–Crippen LogP) is 1.16. The van der Waals surface area contributed by atoms with Crippen molar-refractivity contribution in [3.8, 4) is 0 Å². The zero-order valence-corrected chi connectivity index (χ0v) is 13.0. The molecule has 0 heterocycles. The number of amides is 2. The van der Waals surface area contributed by atoms with Gasteiger partial charge in [-0.3, -0.25) is 14.4 Å². The van der Waals surface area contributed by atoms with Crippen LogP contribution in [-0.2, 0) is 14.4 Å². The number of rotatable bonds is 8. The van der Waals surface area contributed by atoms with Crippen LogP contribution in [0.25, 0.3) is 0 Å². The minimum atomic E-state index is -1.03. The molecule has 0 aliphatic carbocycles. The average molecular weight is 286 g/mol. The Balaban J connectivity index is 4.65. The third-order valence-electron chi connectivity index (χ3n) is 3.88. The fourth-order valence-electron chi connectivity index (χ4n) is 1.99. The molecule has 0 aromatic heterocycles. The summed E-state index contributed by atoms with van der Waals surface area (Å²) in [6.45, 7) is 7.14. The van der Waals surface area contributed by atoms with Gasteiger partial charge in [-0.1, -0.05) is 13.8 Å². The Morgan fingerprint density at radius 1 is 1.10 bits per heavy atom. The van der Waals surface area contributed by atoms with E-state index in [0.29, 0.717) is 12.8 Å². The summed E-state index contributed by atoms with van der Waals surface area (Å²) in [4.78, 5) is 34.9. The average Bonchev–Trinajstić information content (AvgIpc) is 2.41. The molecule has 3 N–H and O–H groups in total. The summed E-state index contributed by atoms with van der Waals surface area (Å²) in [6.07, 6.45) is 0.718. The molecule has 0 unspecified atom stereocenters. The minimum Gasteiger partial charge on any atom is -0.481 e. The summed E-state index contributed by atoms with van der Waals surface area (Å²) in [7, 11) is 1.54. The van der Waals surface area contributed by atoms with E-state index in [9.17, 15) is 19.5 Å². The smallest absolute Gasteiger partial charge is 0.310 e. The van der Waals surface area contributed by atoms with E-state index in [0.717, 1.165) is 0 Å². The molecule has 0 bridgehead atoms. The molecule has 0 aliphatic heterocycles. The van der Waals surface area contributed by atoms with Gasteiger partial charge in [0.15, 0.2) is 0 Å². The first-order valence-corrected chi connectivity index (χ1v) is 6.87. The highest BCUT2D eigenvalue weighted by molar-refractivity contribution is 5.86. The second-order valence-corrected chi connectivity index (χ2v) is 5.71. The normalized spacial score (nSPS) is 11.8. The van der Waals surface area contributed by atoms with Crippen LogP contribution in [0.2, 0.25) is 0 Å². The van der Waals surface area contributed by atoms with Crippen molar-refractivity contribution in [2.45, 2.75) is 47.0 Å². The molecule has 0 aromatic rings. The zero-order valence-electron chi connectivity index (χ0n) is 13.0. The molecule has 6 nitrogen and oxygen atoms in total. The van der Waals surface area contributed by atoms with Crippen molar-refractivity contribution in [1.29, 1.82) is 0 Å². The highest BCUT2D eigenvalue weighted by Gasteiger charge is 2.37. The van der Waals surface area contributed by atoms with E-state index in [4.69, 9.17) is 0 Å². The number of carbonyl (C=O) groups is 3. The van der Waals surface area contributed by atoms with Crippen LogP contribution in [0, 0.1) is 10.8 Å². The van der Waals surface area contributed by atoms with E-state index in [-0.39, 0.29) is 24.8 Å². The van der Waals surface area contributed by atoms with E-state index in [1.807, 2.05) is 0 Å². The zero-order chi connectivity index (χ0) is 16.0. The third kappa shape index (κ3) is 4.51. The Hall–Kier alpha value is -1.59. The van der Waals surface area contributed by atoms with Crippen LogP contribution in [0.4, 0.5) is 0 Å². The van der Waals surface area contributed by atoms with Gasteiger partial charge in [0, 0.05) is 20.0 Å². The van der Waals surface area contributed by atoms with Crippen LogP contribution >= 0.6 is 0 Å². The number of hydrogen-bond donors (Lipinski definition) is 3. The molecule has 0 spiro atoms. The van der Waals surface area contributed by atoms with Gasteiger partial charge in [0.1, 0.15) is 0 Å². The highest BCUT2D eigenvalue weighted by Crippen LogP contribution is 2.31. The van der Waals surface area contributed by atoms with E-state index in [1.54, 1.807) is 27.7 Å². The summed E-state index contributed by atoms with van der Waals surface area (Å²) >= 11 is 0. The quantitative estimate of drug-likeness (QED) is 0.624. The second-order valence-electron chi connectivity index (χ2n) is 5.71. The summed E-state index contributed by atoms with van der Waals surface area (Å²) < 4.78 is 0. The first-order valence-electron chi connectivity index (χ1n) is 6.87. The van der Waals surface area contributed by atoms with Gasteiger partial charge in [-0.2, -0.15) is 0 Å². The number of aliphatic carboxylic acids is 1. The van der Waals surface area contributed by atoms with E-state index >= 15 is 0 Å². The maximum atomic E-state index is 11.9. The molecule has 0 aliphatic rings. The fraction of sp³-hybridized carbons (Fsp3) is 0.786. The Labute approximate surface area is 120 Å². The number of carbonyl (C=O) groups excluding carboxylic acids is 2. The maximum Gasteiger partial charge on any atom is 0.310 e. The van der Waals surface area contributed by atoms with Crippen molar-refractivity contribution >= 4 is 17.8 Å². The Morgan fingerprint density at radius 3 is 1.95 bits per heavy atom. The number of carboxylic acid groups (broad SMARTS) is 1. The monoisotopic (exact) mass is 286 g/mol. The van der Waals surface area contributed by atoms with Gasteiger partial charge in [-0.15, -0.1) is 0 Å². The predicted molar refractivity (Wildman–Crippen MR) is 76.1 cm³/mol. The van der Waals surface area contributed by atoms with Crippen LogP contribution in [0.3, 0.4) is 0 Å². The molecule has 6 heteroatoms. The highest BCUT2D eigenvalue weighted by atomic mass is 16.4. The summed E-state index contributed by atoms with van der Waals surface area (Å²) in [5.74, 6) is -1.47. The number of carboxylic acids is 1. The molecule has 0 saturated carbocycles. The number of nitrogens with one attached hydrogen (secondary N) is 2. The molecule has 116 valence electrons. The fourth-order valence-corrected chi connectivity index (χ4v) is 1.99. The van der Waals surface area contributed by atoms with Crippen molar-refractivity contribution in [1.82, 2.24) is 10.6 Å². The lowest BCUT2D eigenvalue weighted by Crippen LogP contribution is -2.45. The molecule has 0 saturated heterocycles. The molecular weight excluding hydrogens is 260 g/mol. The largest absolute Gasteiger partial charge is 0.481 e. The molecule has 20 heavy (non-hydrogen) atoms. The van der Waals surface area contributed by atoms with Crippen molar-refractivity contribution < 1.29 is 19.5 Å². The van der Waals surface area contributed by atoms with E-state index in [1.165, 1.54) is 7.05 Å². The van der Waals surface area contributed by atoms with Gasteiger partial charge in [-0.25, -0.2) is 0 Å². The van der Waals surface area contributed by atoms with Crippen LogP contribution in [-0.4, -0.2) is 36.5 Å².